The van der Waals surface area contributed by atoms with E-state index in [1.165, 1.54) is 0 Å². The average Bonchev–Trinajstić information content (AvgIpc) is 2.38. The molecule has 0 unspecified atom stereocenters. The molecule has 1 heterocycles. The lowest BCUT2D eigenvalue weighted by Gasteiger charge is -2.09. The lowest BCUT2D eigenvalue weighted by molar-refractivity contribution is 0.488. The number of aromatic nitrogens is 1. The van der Waals surface area contributed by atoms with Gasteiger partial charge in [0.2, 0.25) is 0 Å². The fourth-order valence-electron chi connectivity index (χ4n) is 1.89. The fraction of sp³-hybridized carbons (Fsp3) is 0. The van der Waals surface area contributed by atoms with Crippen LogP contribution in [-0.4, -0.2) is 4.98 Å². The Bertz CT molecular complexity index is 743. The Balaban J connectivity index is 2.06. The number of benzene rings is 2. The van der Waals surface area contributed by atoms with E-state index in [9.17, 15) is 0 Å². The van der Waals surface area contributed by atoms with Crippen LogP contribution in [-0.2, 0) is 0 Å². The summed E-state index contributed by atoms with van der Waals surface area (Å²) >= 11 is 5.94. The van der Waals surface area contributed by atoms with Crippen LogP contribution in [0.3, 0.4) is 0 Å². The van der Waals surface area contributed by atoms with Crippen molar-refractivity contribution in [3.63, 3.8) is 0 Å². The summed E-state index contributed by atoms with van der Waals surface area (Å²) in [5, 5.41) is 1.55. The molecule has 1 aromatic heterocycles. The molecule has 0 saturated heterocycles. The maximum absolute atomic E-state index is 5.94. The number of hydrogen-bond donors (Lipinski definition) is 1. The van der Waals surface area contributed by atoms with Gasteiger partial charge >= 0.3 is 0 Å². The first-order valence-corrected chi connectivity index (χ1v) is 6.18. The summed E-state index contributed by atoms with van der Waals surface area (Å²) in [5.41, 5.74) is 7.23. The van der Waals surface area contributed by atoms with Gasteiger partial charge in [0.25, 0.3) is 0 Å². The maximum Gasteiger partial charge on any atom is 0.138 e. The van der Waals surface area contributed by atoms with E-state index >= 15 is 0 Å². The van der Waals surface area contributed by atoms with Crippen LogP contribution in [0.15, 0.2) is 54.7 Å². The Morgan fingerprint density at radius 2 is 1.95 bits per heavy atom. The van der Waals surface area contributed by atoms with E-state index in [2.05, 4.69) is 4.98 Å². The van der Waals surface area contributed by atoms with E-state index in [1.54, 1.807) is 18.3 Å². The molecule has 2 aromatic carbocycles. The molecular formula is C15H11ClN2O. The van der Waals surface area contributed by atoms with Gasteiger partial charge in [-0.15, -0.1) is 0 Å². The van der Waals surface area contributed by atoms with Gasteiger partial charge in [-0.25, -0.2) is 0 Å². The molecule has 0 radical (unpaired) electrons. The van der Waals surface area contributed by atoms with Gasteiger partial charge in [-0.1, -0.05) is 17.7 Å². The zero-order valence-electron chi connectivity index (χ0n) is 10.0. The van der Waals surface area contributed by atoms with Gasteiger partial charge in [0.05, 0.1) is 5.52 Å². The minimum atomic E-state index is 0.639. The number of nitrogens with zero attached hydrogens (tertiary/aromatic N) is 1. The Morgan fingerprint density at radius 1 is 1.05 bits per heavy atom. The molecule has 2 N–H and O–H groups in total. The van der Waals surface area contributed by atoms with Gasteiger partial charge in [-0.05, 0) is 42.5 Å². The molecule has 0 aliphatic carbocycles. The van der Waals surface area contributed by atoms with E-state index in [0.717, 1.165) is 16.7 Å². The van der Waals surface area contributed by atoms with Crippen LogP contribution in [0.25, 0.3) is 10.9 Å². The molecule has 0 amide bonds. The van der Waals surface area contributed by atoms with E-state index in [1.807, 2.05) is 36.4 Å². The van der Waals surface area contributed by atoms with Crippen molar-refractivity contribution in [3.05, 3.63) is 59.8 Å². The summed E-state index contributed by atoms with van der Waals surface area (Å²) in [6.07, 6.45) is 1.70. The molecule has 0 spiro atoms. The number of ether oxygens (including phenoxy) is 1. The van der Waals surface area contributed by atoms with Crippen molar-refractivity contribution >= 4 is 28.2 Å². The van der Waals surface area contributed by atoms with Gasteiger partial charge < -0.3 is 10.5 Å². The van der Waals surface area contributed by atoms with Gasteiger partial charge in [-0.2, -0.15) is 0 Å². The highest BCUT2D eigenvalue weighted by molar-refractivity contribution is 6.30. The van der Waals surface area contributed by atoms with Crippen LogP contribution >= 0.6 is 11.6 Å². The zero-order chi connectivity index (χ0) is 13.2. The summed E-state index contributed by atoms with van der Waals surface area (Å²) in [4.78, 5) is 4.28. The smallest absolute Gasteiger partial charge is 0.138 e. The predicted octanol–water partition coefficient (Wildman–Crippen LogP) is 4.26. The molecule has 0 bridgehead atoms. The van der Waals surface area contributed by atoms with Crippen molar-refractivity contribution in [2.45, 2.75) is 0 Å². The summed E-state index contributed by atoms with van der Waals surface area (Å²) in [7, 11) is 0. The largest absolute Gasteiger partial charge is 0.457 e. The topological polar surface area (TPSA) is 48.1 Å². The molecule has 0 aliphatic heterocycles. The quantitative estimate of drug-likeness (QED) is 0.708. The summed E-state index contributed by atoms with van der Waals surface area (Å²) in [6.45, 7) is 0. The third-order valence-corrected chi connectivity index (χ3v) is 2.99. The summed E-state index contributed by atoms with van der Waals surface area (Å²) in [6, 6.07) is 14.6. The molecule has 3 rings (SSSR count). The molecular weight excluding hydrogens is 260 g/mol. The minimum absolute atomic E-state index is 0.639. The second-order valence-corrected chi connectivity index (χ2v) is 4.58. The highest BCUT2D eigenvalue weighted by Crippen LogP contribution is 2.30. The third kappa shape index (κ3) is 2.46. The third-order valence-electron chi connectivity index (χ3n) is 2.75. The number of nitrogens with two attached hydrogens (primary N) is 1. The highest BCUT2D eigenvalue weighted by Gasteiger charge is 2.05. The lowest BCUT2D eigenvalue weighted by atomic mass is 10.2. The van der Waals surface area contributed by atoms with E-state index in [4.69, 9.17) is 22.1 Å². The normalized spacial score (nSPS) is 10.6. The van der Waals surface area contributed by atoms with Crippen molar-refractivity contribution in [2.24, 2.45) is 0 Å². The zero-order valence-corrected chi connectivity index (χ0v) is 10.8. The van der Waals surface area contributed by atoms with Crippen molar-refractivity contribution in [2.75, 3.05) is 5.73 Å². The van der Waals surface area contributed by atoms with Gasteiger partial charge in [0.15, 0.2) is 0 Å². The Morgan fingerprint density at radius 3 is 2.79 bits per heavy atom. The van der Waals surface area contributed by atoms with E-state index in [0.29, 0.717) is 16.5 Å². The Kier molecular flexibility index (Phi) is 2.97. The van der Waals surface area contributed by atoms with Crippen molar-refractivity contribution in [3.8, 4) is 11.5 Å². The van der Waals surface area contributed by atoms with Crippen molar-refractivity contribution < 1.29 is 4.74 Å². The number of rotatable bonds is 2. The summed E-state index contributed by atoms with van der Waals surface area (Å²) in [5.74, 6) is 1.42. The SMILES string of the molecule is Nc1ccc2c(Oc3cccc(Cl)c3)ccnc2c1. The maximum atomic E-state index is 5.94. The van der Waals surface area contributed by atoms with E-state index in [-0.39, 0.29) is 0 Å². The Labute approximate surface area is 115 Å². The van der Waals surface area contributed by atoms with Crippen molar-refractivity contribution in [1.82, 2.24) is 4.98 Å². The average molecular weight is 271 g/mol. The van der Waals surface area contributed by atoms with Crippen LogP contribution < -0.4 is 10.5 Å². The number of nitrogen functional groups attached to an aromatic ring is 1. The van der Waals surface area contributed by atoms with Crippen LogP contribution in [0, 0.1) is 0 Å². The molecule has 0 saturated carbocycles. The molecule has 0 atom stereocenters. The van der Waals surface area contributed by atoms with Gasteiger partial charge in [0, 0.05) is 22.3 Å². The fourth-order valence-corrected chi connectivity index (χ4v) is 2.07. The van der Waals surface area contributed by atoms with Crippen LogP contribution in [0.5, 0.6) is 11.5 Å². The van der Waals surface area contributed by atoms with Crippen LogP contribution in [0.4, 0.5) is 5.69 Å². The molecule has 3 nitrogen and oxygen atoms in total. The summed E-state index contributed by atoms with van der Waals surface area (Å²) < 4.78 is 5.85. The monoisotopic (exact) mass is 270 g/mol. The number of anilines is 1. The van der Waals surface area contributed by atoms with Gasteiger partial charge in [0.1, 0.15) is 11.5 Å². The second kappa shape index (κ2) is 4.78. The Hall–Kier alpha value is -2.26. The molecule has 4 heteroatoms. The first-order chi connectivity index (χ1) is 9.22. The highest BCUT2D eigenvalue weighted by atomic mass is 35.5. The van der Waals surface area contributed by atoms with Crippen molar-refractivity contribution in [1.29, 1.82) is 0 Å². The minimum Gasteiger partial charge on any atom is -0.457 e. The first-order valence-electron chi connectivity index (χ1n) is 5.80. The first kappa shape index (κ1) is 11.8. The number of pyridine rings is 1. The molecule has 19 heavy (non-hydrogen) atoms. The lowest BCUT2D eigenvalue weighted by Crippen LogP contribution is -1.89. The molecule has 0 aliphatic rings. The predicted molar refractivity (Wildman–Crippen MR) is 77.7 cm³/mol. The molecule has 0 fully saturated rings. The molecule has 94 valence electrons. The van der Waals surface area contributed by atoms with Crippen LogP contribution in [0.2, 0.25) is 5.02 Å². The number of fused-ring (bicyclic) bond motifs is 1. The van der Waals surface area contributed by atoms with Crippen LogP contribution in [0.1, 0.15) is 0 Å². The van der Waals surface area contributed by atoms with E-state index < -0.39 is 0 Å². The second-order valence-electron chi connectivity index (χ2n) is 4.15. The number of halogens is 1. The standard InChI is InChI=1S/C15H11ClN2O/c16-10-2-1-3-12(8-10)19-15-6-7-18-14-9-11(17)4-5-13(14)15/h1-9H,17H2. The number of hydrogen-bond acceptors (Lipinski definition) is 3. The molecule has 3 aromatic rings. The van der Waals surface area contributed by atoms with Gasteiger partial charge in [-0.3, -0.25) is 4.98 Å².